The second-order valence-electron chi connectivity index (χ2n) is 4.51. The molecule has 6 nitrogen and oxygen atoms in total. The Morgan fingerprint density at radius 2 is 2.17 bits per heavy atom. The highest BCUT2D eigenvalue weighted by Crippen LogP contribution is 2.28. The summed E-state index contributed by atoms with van der Waals surface area (Å²) < 4.78 is 5.50. The first-order chi connectivity index (χ1) is 8.49. The summed E-state index contributed by atoms with van der Waals surface area (Å²) in [5, 5.41) is 18.1. The van der Waals surface area contributed by atoms with Crippen LogP contribution in [0.25, 0.3) is 0 Å². The van der Waals surface area contributed by atoms with Gasteiger partial charge in [0.25, 0.3) is 0 Å². The molecule has 2 atom stereocenters. The van der Waals surface area contributed by atoms with Crippen molar-refractivity contribution in [3.05, 3.63) is 23.5 Å². The maximum atomic E-state index is 11.1. The SMILES string of the molecule is C[C@H]1COC2=CC(C(=O)O)CC=C2CN1C(=O)O. The van der Waals surface area contributed by atoms with Crippen molar-refractivity contribution >= 4 is 12.1 Å². The van der Waals surface area contributed by atoms with Gasteiger partial charge < -0.3 is 14.9 Å². The van der Waals surface area contributed by atoms with Gasteiger partial charge in [-0.2, -0.15) is 0 Å². The standard InChI is InChI=1S/C12H15NO5/c1-7-6-18-10-4-8(11(14)15)2-3-9(10)5-13(7)12(16)17/h3-4,7-8H,2,5-6H2,1H3,(H,14,15)(H,16,17)/t7-,8?/m0/s1. The van der Waals surface area contributed by atoms with Gasteiger partial charge >= 0.3 is 12.1 Å². The van der Waals surface area contributed by atoms with Crippen LogP contribution in [-0.4, -0.2) is 46.4 Å². The van der Waals surface area contributed by atoms with Crippen LogP contribution < -0.4 is 0 Å². The number of rotatable bonds is 1. The van der Waals surface area contributed by atoms with Crippen LogP contribution >= 0.6 is 0 Å². The molecule has 0 spiro atoms. The van der Waals surface area contributed by atoms with Crippen LogP contribution in [0.1, 0.15) is 13.3 Å². The van der Waals surface area contributed by atoms with E-state index in [1.165, 1.54) is 4.90 Å². The Labute approximate surface area is 104 Å². The summed E-state index contributed by atoms with van der Waals surface area (Å²) in [6, 6.07) is -0.252. The average molecular weight is 253 g/mol. The van der Waals surface area contributed by atoms with Gasteiger partial charge in [-0.3, -0.25) is 9.69 Å². The molecule has 6 heteroatoms. The van der Waals surface area contributed by atoms with E-state index in [-0.39, 0.29) is 19.2 Å². The fourth-order valence-electron chi connectivity index (χ4n) is 2.08. The van der Waals surface area contributed by atoms with E-state index in [9.17, 15) is 9.59 Å². The molecule has 2 rings (SSSR count). The molecule has 1 unspecified atom stereocenters. The molecule has 18 heavy (non-hydrogen) atoms. The molecule has 0 bridgehead atoms. The number of carboxylic acid groups (broad SMARTS) is 2. The van der Waals surface area contributed by atoms with E-state index in [1.54, 1.807) is 19.1 Å². The van der Waals surface area contributed by atoms with Gasteiger partial charge in [0.15, 0.2) is 0 Å². The Hall–Kier alpha value is -1.98. The molecule has 1 aliphatic carbocycles. The molecule has 1 aliphatic heterocycles. The molecule has 0 saturated carbocycles. The first-order valence-corrected chi connectivity index (χ1v) is 5.75. The molecular formula is C12H15NO5. The smallest absolute Gasteiger partial charge is 0.407 e. The molecule has 2 N–H and O–H groups in total. The fraction of sp³-hybridized carbons (Fsp3) is 0.500. The van der Waals surface area contributed by atoms with E-state index in [2.05, 4.69) is 0 Å². The second-order valence-corrected chi connectivity index (χ2v) is 4.51. The molecule has 2 aliphatic rings. The summed E-state index contributed by atoms with van der Waals surface area (Å²) in [6.45, 7) is 2.25. The third kappa shape index (κ3) is 2.32. The lowest BCUT2D eigenvalue weighted by Gasteiger charge is -2.22. The fourth-order valence-corrected chi connectivity index (χ4v) is 2.08. The first kappa shape index (κ1) is 12.5. The Bertz CT molecular complexity index is 440. The maximum Gasteiger partial charge on any atom is 0.407 e. The Kier molecular flexibility index (Phi) is 3.27. The van der Waals surface area contributed by atoms with Crippen molar-refractivity contribution in [2.24, 2.45) is 5.92 Å². The summed E-state index contributed by atoms with van der Waals surface area (Å²) in [5.74, 6) is -0.978. The molecule has 0 aromatic heterocycles. The molecule has 1 fully saturated rings. The predicted molar refractivity (Wildman–Crippen MR) is 62.1 cm³/mol. The van der Waals surface area contributed by atoms with Crippen LogP contribution in [0.5, 0.6) is 0 Å². The van der Waals surface area contributed by atoms with E-state index in [1.807, 2.05) is 0 Å². The number of carboxylic acids is 1. The number of hydrogen-bond acceptors (Lipinski definition) is 3. The number of amides is 1. The molecule has 1 saturated heterocycles. The topological polar surface area (TPSA) is 87.1 Å². The van der Waals surface area contributed by atoms with Crippen molar-refractivity contribution in [2.75, 3.05) is 13.2 Å². The second kappa shape index (κ2) is 4.72. The van der Waals surface area contributed by atoms with Gasteiger partial charge in [-0.25, -0.2) is 4.79 Å². The van der Waals surface area contributed by atoms with Gasteiger partial charge in [-0.15, -0.1) is 0 Å². The van der Waals surface area contributed by atoms with Crippen molar-refractivity contribution in [3.63, 3.8) is 0 Å². The van der Waals surface area contributed by atoms with E-state index < -0.39 is 18.0 Å². The number of ether oxygens (including phenoxy) is 1. The lowest BCUT2D eigenvalue weighted by atomic mass is 9.95. The van der Waals surface area contributed by atoms with Gasteiger partial charge in [0, 0.05) is 5.57 Å². The zero-order valence-electron chi connectivity index (χ0n) is 10.00. The number of allylic oxidation sites excluding steroid dienone is 1. The molecule has 98 valence electrons. The van der Waals surface area contributed by atoms with Crippen molar-refractivity contribution in [1.82, 2.24) is 4.90 Å². The Morgan fingerprint density at radius 1 is 1.44 bits per heavy atom. The average Bonchev–Trinajstić information content (AvgIpc) is 2.48. The summed E-state index contributed by atoms with van der Waals surface area (Å²) >= 11 is 0. The highest BCUT2D eigenvalue weighted by molar-refractivity contribution is 5.73. The lowest BCUT2D eigenvalue weighted by molar-refractivity contribution is -0.140. The first-order valence-electron chi connectivity index (χ1n) is 5.75. The van der Waals surface area contributed by atoms with Crippen LogP contribution in [0.2, 0.25) is 0 Å². The minimum absolute atomic E-state index is 0.238. The zero-order chi connectivity index (χ0) is 13.3. The zero-order valence-corrected chi connectivity index (χ0v) is 10.00. The monoisotopic (exact) mass is 253 g/mol. The van der Waals surface area contributed by atoms with Crippen molar-refractivity contribution in [3.8, 4) is 0 Å². The highest BCUT2D eigenvalue weighted by atomic mass is 16.5. The highest BCUT2D eigenvalue weighted by Gasteiger charge is 2.30. The predicted octanol–water partition coefficient (Wildman–Crippen LogP) is 1.30. The number of hydrogen-bond donors (Lipinski definition) is 2. The van der Waals surface area contributed by atoms with Crippen LogP contribution in [0.15, 0.2) is 23.5 Å². The van der Waals surface area contributed by atoms with Gasteiger partial charge in [0.1, 0.15) is 12.4 Å². The van der Waals surface area contributed by atoms with Crippen molar-refractivity contribution in [1.29, 1.82) is 0 Å². The number of nitrogens with zero attached hydrogens (tertiary/aromatic N) is 1. The van der Waals surface area contributed by atoms with Gasteiger partial charge in [0.05, 0.1) is 18.5 Å². The molecule has 1 heterocycles. The van der Waals surface area contributed by atoms with Crippen LogP contribution in [0.3, 0.4) is 0 Å². The summed E-state index contributed by atoms with van der Waals surface area (Å²) in [7, 11) is 0. The molecule has 0 aromatic rings. The third-order valence-electron chi connectivity index (χ3n) is 3.20. The van der Waals surface area contributed by atoms with Gasteiger partial charge in [-0.05, 0) is 19.4 Å². The Morgan fingerprint density at radius 3 is 2.78 bits per heavy atom. The van der Waals surface area contributed by atoms with E-state index in [0.717, 1.165) is 5.57 Å². The Balaban J connectivity index is 2.22. The number of carbonyl (C=O) groups is 2. The maximum absolute atomic E-state index is 11.1. The summed E-state index contributed by atoms with van der Waals surface area (Å²) in [4.78, 5) is 23.3. The van der Waals surface area contributed by atoms with E-state index in [4.69, 9.17) is 14.9 Å². The molecule has 0 aromatic carbocycles. The van der Waals surface area contributed by atoms with Crippen molar-refractivity contribution < 1.29 is 24.5 Å². The molecule has 1 amide bonds. The number of fused-ring (bicyclic) bond motifs is 1. The van der Waals surface area contributed by atoms with E-state index in [0.29, 0.717) is 12.2 Å². The minimum Gasteiger partial charge on any atom is -0.491 e. The van der Waals surface area contributed by atoms with Crippen LogP contribution in [0, 0.1) is 5.92 Å². The van der Waals surface area contributed by atoms with E-state index >= 15 is 0 Å². The van der Waals surface area contributed by atoms with Crippen LogP contribution in [0.4, 0.5) is 4.79 Å². The normalized spacial score (nSPS) is 27.3. The van der Waals surface area contributed by atoms with Crippen molar-refractivity contribution in [2.45, 2.75) is 19.4 Å². The van der Waals surface area contributed by atoms with Gasteiger partial charge in [0.2, 0.25) is 0 Å². The molecule has 0 radical (unpaired) electrons. The summed E-state index contributed by atoms with van der Waals surface area (Å²) in [6.07, 6.45) is 2.70. The van der Waals surface area contributed by atoms with Gasteiger partial charge in [-0.1, -0.05) is 6.08 Å². The molecular weight excluding hydrogens is 238 g/mol. The van der Waals surface area contributed by atoms with Crippen LogP contribution in [-0.2, 0) is 9.53 Å². The minimum atomic E-state index is -0.992. The lowest BCUT2D eigenvalue weighted by Crippen LogP contribution is -2.39. The number of aliphatic carboxylic acids is 1. The largest absolute Gasteiger partial charge is 0.491 e. The third-order valence-corrected chi connectivity index (χ3v) is 3.20. The quantitative estimate of drug-likeness (QED) is 0.735. The summed E-state index contributed by atoms with van der Waals surface area (Å²) in [5.41, 5.74) is 0.749.